The highest BCUT2D eigenvalue weighted by atomic mass is 16.5. The number of carbonyl (C=O) groups excluding carboxylic acids is 1. The minimum atomic E-state index is -0.299. The summed E-state index contributed by atoms with van der Waals surface area (Å²) in [5.41, 5.74) is 3.61. The molecule has 0 radical (unpaired) electrons. The highest BCUT2D eigenvalue weighted by Gasteiger charge is 2.22. The van der Waals surface area contributed by atoms with Crippen LogP contribution < -0.4 is 0 Å². The Labute approximate surface area is 118 Å². The minimum absolute atomic E-state index is 0.299. The normalized spacial score (nSPS) is 16.1. The van der Waals surface area contributed by atoms with Gasteiger partial charge in [-0.3, -0.25) is 0 Å². The van der Waals surface area contributed by atoms with E-state index in [9.17, 15) is 4.79 Å². The van der Waals surface area contributed by atoms with E-state index >= 15 is 0 Å². The van der Waals surface area contributed by atoms with Crippen molar-refractivity contribution < 1.29 is 9.53 Å². The van der Waals surface area contributed by atoms with Gasteiger partial charge in [-0.15, -0.1) is 0 Å². The predicted octanol–water partition coefficient (Wildman–Crippen LogP) is 3.98. The van der Waals surface area contributed by atoms with Crippen molar-refractivity contribution in [2.24, 2.45) is 0 Å². The van der Waals surface area contributed by atoms with Crippen LogP contribution in [0.1, 0.15) is 16.7 Å². The SMILES string of the molecule is Cc1ccccc1C1=C/C(=C\c2ccccc2)C(=O)O1. The van der Waals surface area contributed by atoms with E-state index in [0.717, 1.165) is 16.7 Å². The van der Waals surface area contributed by atoms with Crippen molar-refractivity contribution in [1.82, 2.24) is 0 Å². The maximum Gasteiger partial charge on any atom is 0.343 e. The number of aryl methyl sites for hydroxylation is 1. The standard InChI is InChI=1S/C18H14O2/c1-13-7-5-6-10-16(13)17-12-15(18(19)20-17)11-14-8-3-2-4-9-14/h2-12H,1H3/b15-11+. The van der Waals surface area contributed by atoms with Crippen LogP contribution in [0.3, 0.4) is 0 Å². The van der Waals surface area contributed by atoms with Crippen molar-refractivity contribution in [1.29, 1.82) is 0 Å². The van der Waals surface area contributed by atoms with Gasteiger partial charge in [-0.2, -0.15) is 0 Å². The largest absolute Gasteiger partial charge is 0.422 e. The summed E-state index contributed by atoms with van der Waals surface area (Å²) in [4.78, 5) is 11.9. The quantitative estimate of drug-likeness (QED) is 0.604. The third-order valence-electron chi connectivity index (χ3n) is 3.26. The lowest BCUT2D eigenvalue weighted by Crippen LogP contribution is -1.97. The smallest absolute Gasteiger partial charge is 0.343 e. The van der Waals surface area contributed by atoms with E-state index in [1.54, 1.807) is 6.08 Å². The van der Waals surface area contributed by atoms with E-state index in [-0.39, 0.29) is 5.97 Å². The Hall–Kier alpha value is -2.61. The summed E-state index contributed by atoms with van der Waals surface area (Å²) in [7, 11) is 0. The van der Waals surface area contributed by atoms with Gasteiger partial charge in [0.25, 0.3) is 0 Å². The maximum absolute atomic E-state index is 11.9. The van der Waals surface area contributed by atoms with Crippen LogP contribution in [0.15, 0.2) is 66.2 Å². The van der Waals surface area contributed by atoms with Crippen molar-refractivity contribution in [2.45, 2.75) is 6.92 Å². The Bertz CT molecular complexity index is 709. The van der Waals surface area contributed by atoms with Gasteiger partial charge < -0.3 is 4.74 Å². The van der Waals surface area contributed by atoms with Crippen LogP contribution in [0.4, 0.5) is 0 Å². The molecule has 2 heteroatoms. The third kappa shape index (κ3) is 2.41. The van der Waals surface area contributed by atoms with Gasteiger partial charge in [0.2, 0.25) is 0 Å². The molecule has 0 amide bonds. The molecule has 0 saturated heterocycles. The van der Waals surface area contributed by atoms with Gasteiger partial charge in [0, 0.05) is 5.56 Å². The number of rotatable bonds is 2. The summed E-state index contributed by atoms with van der Waals surface area (Å²) in [5, 5.41) is 0. The number of hydrogen-bond donors (Lipinski definition) is 0. The minimum Gasteiger partial charge on any atom is -0.422 e. The van der Waals surface area contributed by atoms with Gasteiger partial charge in [0.1, 0.15) is 5.76 Å². The molecule has 2 aromatic rings. The van der Waals surface area contributed by atoms with Gasteiger partial charge in [0.15, 0.2) is 0 Å². The lowest BCUT2D eigenvalue weighted by Gasteiger charge is -2.04. The fraction of sp³-hybridized carbons (Fsp3) is 0.0556. The molecule has 0 saturated carbocycles. The zero-order chi connectivity index (χ0) is 13.9. The van der Waals surface area contributed by atoms with Crippen molar-refractivity contribution in [2.75, 3.05) is 0 Å². The number of esters is 1. The molecule has 0 N–H and O–H groups in total. The number of carbonyl (C=O) groups is 1. The fourth-order valence-corrected chi connectivity index (χ4v) is 2.20. The third-order valence-corrected chi connectivity index (χ3v) is 3.26. The molecule has 0 atom stereocenters. The van der Waals surface area contributed by atoms with Crippen LogP contribution >= 0.6 is 0 Å². The average molecular weight is 262 g/mol. The summed E-state index contributed by atoms with van der Waals surface area (Å²) in [6.45, 7) is 2.00. The first-order valence-electron chi connectivity index (χ1n) is 6.51. The van der Waals surface area contributed by atoms with Crippen LogP contribution in [-0.2, 0) is 9.53 Å². The van der Waals surface area contributed by atoms with Gasteiger partial charge in [-0.1, -0.05) is 54.6 Å². The topological polar surface area (TPSA) is 26.3 Å². The van der Waals surface area contributed by atoms with Gasteiger partial charge in [0.05, 0.1) is 5.57 Å². The second-order valence-corrected chi connectivity index (χ2v) is 4.72. The van der Waals surface area contributed by atoms with Crippen molar-refractivity contribution in [3.05, 3.63) is 82.9 Å². The molecule has 2 nitrogen and oxygen atoms in total. The van der Waals surface area contributed by atoms with E-state index < -0.39 is 0 Å². The molecule has 1 heterocycles. The highest BCUT2D eigenvalue weighted by Crippen LogP contribution is 2.29. The van der Waals surface area contributed by atoms with Gasteiger partial charge in [-0.25, -0.2) is 4.79 Å². The Balaban J connectivity index is 1.98. The Morgan fingerprint density at radius 3 is 2.40 bits per heavy atom. The summed E-state index contributed by atoms with van der Waals surface area (Å²) in [6.07, 6.45) is 3.64. The monoisotopic (exact) mass is 262 g/mol. The Kier molecular flexibility index (Phi) is 3.21. The summed E-state index contributed by atoms with van der Waals surface area (Å²) in [6, 6.07) is 17.6. The molecule has 0 aromatic heterocycles. The van der Waals surface area contributed by atoms with E-state index in [0.29, 0.717) is 11.3 Å². The van der Waals surface area contributed by atoms with Crippen LogP contribution in [0.25, 0.3) is 11.8 Å². The lowest BCUT2D eigenvalue weighted by atomic mass is 10.1. The fourth-order valence-electron chi connectivity index (χ4n) is 2.20. The highest BCUT2D eigenvalue weighted by molar-refractivity contribution is 6.05. The van der Waals surface area contributed by atoms with Gasteiger partial charge in [-0.05, 0) is 30.2 Å². The molecule has 1 aliphatic rings. The number of hydrogen-bond acceptors (Lipinski definition) is 2. The molecule has 0 aliphatic carbocycles. The zero-order valence-electron chi connectivity index (χ0n) is 11.2. The molecule has 0 fully saturated rings. The molecule has 0 unspecified atom stereocenters. The summed E-state index contributed by atoms with van der Waals surface area (Å²) in [5.74, 6) is 0.322. The van der Waals surface area contributed by atoms with Crippen molar-refractivity contribution in [3.8, 4) is 0 Å². The lowest BCUT2D eigenvalue weighted by molar-refractivity contribution is -0.130. The van der Waals surface area contributed by atoms with Crippen LogP contribution in [0, 0.1) is 6.92 Å². The average Bonchev–Trinajstić information content (AvgIpc) is 2.81. The van der Waals surface area contributed by atoms with E-state index in [4.69, 9.17) is 4.74 Å². The molecule has 20 heavy (non-hydrogen) atoms. The molecule has 2 aromatic carbocycles. The van der Waals surface area contributed by atoms with E-state index in [1.807, 2.05) is 67.6 Å². The van der Waals surface area contributed by atoms with E-state index in [2.05, 4.69) is 0 Å². The van der Waals surface area contributed by atoms with Crippen molar-refractivity contribution in [3.63, 3.8) is 0 Å². The maximum atomic E-state index is 11.9. The second-order valence-electron chi connectivity index (χ2n) is 4.72. The summed E-state index contributed by atoms with van der Waals surface area (Å²) >= 11 is 0. The molecule has 98 valence electrons. The first kappa shape index (κ1) is 12.4. The number of benzene rings is 2. The second kappa shape index (κ2) is 5.17. The molecular formula is C18H14O2. The molecule has 3 rings (SSSR count). The molecule has 0 bridgehead atoms. The number of cyclic esters (lactones) is 1. The van der Waals surface area contributed by atoms with Crippen LogP contribution in [-0.4, -0.2) is 5.97 Å². The molecular weight excluding hydrogens is 248 g/mol. The van der Waals surface area contributed by atoms with Gasteiger partial charge >= 0.3 is 5.97 Å². The van der Waals surface area contributed by atoms with Crippen molar-refractivity contribution >= 4 is 17.8 Å². The van der Waals surface area contributed by atoms with E-state index in [1.165, 1.54) is 0 Å². The molecule has 1 aliphatic heterocycles. The Morgan fingerprint density at radius 1 is 0.950 bits per heavy atom. The van der Waals surface area contributed by atoms with Crippen LogP contribution in [0.2, 0.25) is 0 Å². The first-order valence-corrected chi connectivity index (χ1v) is 6.51. The number of ether oxygens (including phenoxy) is 1. The predicted molar refractivity (Wildman–Crippen MR) is 79.7 cm³/mol. The molecule has 0 spiro atoms. The zero-order valence-corrected chi connectivity index (χ0v) is 11.2. The Morgan fingerprint density at radius 2 is 1.65 bits per heavy atom. The van der Waals surface area contributed by atoms with Crippen LogP contribution in [0.5, 0.6) is 0 Å². The summed E-state index contributed by atoms with van der Waals surface area (Å²) < 4.78 is 5.37. The first-order chi connectivity index (χ1) is 9.74.